The van der Waals surface area contributed by atoms with Gasteiger partial charge in [-0.3, -0.25) is 9.69 Å². The van der Waals surface area contributed by atoms with E-state index in [0.717, 1.165) is 32.4 Å². The number of thiophene rings is 1. The highest BCUT2D eigenvalue weighted by Gasteiger charge is 2.22. The minimum atomic E-state index is -0.428. The number of carbonyl (C=O) groups is 2. The molecular weight excluding hydrogens is 348 g/mol. The Kier molecular flexibility index (Phi) is 6.41. The second kappa shape index (κ2) is 8.96. The van der Waals surface area contributed by atoms with Crippen molar-refractivity contribution in [3.63, 3.8) is 0 Å². The number of methoxy groups -OCH3 is 1. The lowest BCUT2D eigenvalue weighted by Gasteiger charge is -2.31. The molecule has 1 fully saturated rings. The number of carbonyl (C=O) groups excluding carboxylic acids is 2. The van der Waals surface area contributed by atoms with E-state index in [4.69, 9.17) is 4.74 Å². The fourth-order valence-corrected chi connectivity index (χ4v) is 4.13. The predicted octanol–water partition coefficient (Wildman–Crippen LogP) is 3.43. The van der Waals surface area contributed by atoms with Gasteiger partial charge in [0.1, 0.15) is 5.00 Å². The number of nitrogens with zero attached hydrogens (tertiary/aromatic N) is 1. The van der Waals surface area contributed by atoms with Crippen LogP contribution in [-0.4, -0.2) is 43.5 Å². The molecule has 3 rings (SSSR count). The molecule has 1 aliphatic rings. The van der Waals surface area contributed by atoms with E-state index in [0.29, 0.717) is 23.0 Å². The average Bonchev–Trinajstić information content (AvgIpc) is 3.11. The smallest absolute Gasteiger partial charge is 0.340 e. The highest BCUT2D eigenvalue weighted by atomic mass is 32.1. The first-order chi connectivity index (χ1) is 12.7. The number of likely N-dealkylation sites (tertiary alicyclic amines) is 1. The maximum Gasteiger partial charge on any atom is 0.340 e. The molecule has 5 nitrogen and oxygen atoms in total. The van der Waals surface area contributed by atoms with Gasteiger partial charge in [0, 0.05) is 0 Å². The molecule has 1 aromatic heterocycles. The molecule has 26 heavy (non-hydrogen) atoms. The van der Waals surface area contributed by atoms with Crippen molar-refractivity contribution >= 4 is 28.2 Å². The van der Waals surface area contributed by atoms with Crippen LogP contribution in [0.3, 0.4) is 0 Å². The molecule has 1 amide bonds. The fraction of sp³-hybridized carbons (Fsp3) is 0.400. The molecule has 138 valence electrons. The number of nitrogens with one attached hydrogen (secondary N) is 1. The van der Waals surface area contributed by atoms with Gasteiger partial charge in [0.15, 0.2) is 0 Å². The number of hydrogen-bond acceptors (Lipinski definition) is 5. The maximum atomic E-state index is 12.3. The summed E-state index contributed by atoms with van der Waals surface area (Å²) in [5, 5.41) is 5.17. The van der Waals surface area contributed by atoms with Crippen molar-refractivity contribution in [2.45, 2.75) is 19.3 Å². The van der Waals surface area contributed by atoms with Gasteiger partial charge in [0.05, 0.1) is 19.2 Å². The van der Waals surface area contributed by atoms with Crippen LogP contribution in [0, 0.1) is 5.92 Å². The summed E-state index contributed by atoms with van der Waals surface area (Å²) in [6.07, 6.45) is 3.32. The van der Waals surface area contributed by atoms with Crippen molar-refractivity contribution in [1.29, 1.82) is 0 Å². The van der Waals surface area contributed by atoms with Crippen molar-refractivity contribution in [3.05, 3.63) is 52.9 Å². The monoisotopic (exact) mass is 372 g/mol. The molecule has 0 atom stereocenters. The van der Waals surface area contributed by atoms with Crippen LogP contribution in [0.25, 0.3) is 0 Å². The highest BCUT2D eigenvalue weighted by molar-refractivity contribution is 7.14. The van der Waals surface area contributed by atoms with E-state index < -0.39 is 5.97 Å². The van der Waals surface area contributed by atoms with Gasteiger partial charge in [-0.25, -0.2) is 4.79 Å². The van der Waals surface area contributed by atoms with E-state index in [1.54, 1.807) is 11.4 Å². The highest BCUT2D eigenvalue weighted by Crippen LogP contribution is 2.25. The summed E-state index contributed by atoms with van der Waals surface area (Å²) in [4.78, 5) is 26.2. The molecule has 1 aromatic carbocycles. The van der Waals surface area contributed by atoms with Crippen LogP contribution < -0.4 is 5.32 Å². The largest absolute Gasteiger partial charge is 0.465 e. The minimum Gasteiger partial charge on any atom is -0.465 e. The zero-order chi connectivity index (χ0) is 18.4. The molecule has 2 heterocycles. The van der Waals surface area contributed by atoms with Crippen LogP contribution in [0.15, 0.2) is 41.8 Å². The lowest BCUT2D eigenvalue weighted by Crippen LogP contribution is -2.39. The first kappa shape index (κ1) is 18.6. The number of esters is 1. The molecule has 0 bridgehead atoms. The van der Waals surface area contributed by atoms with Gasteiger partial charge in [0.25, 0.3) is 0 Å². The summed E-state index contributed by atoms with van der Waals surface area (Å²) < 4.78 is 4.73. The molecule has 0 aliphatic carbocycles. The fourth-order valence-electron chi connectivity index (χ4n) is 3.34. The third kappa shape index (κ3) is 4.93. The third-order valence-corrected chi connectivity index (χ3v) is 5.59. The number of anilines is 1. The van der Waals surface area contributed by atoms with Gasteiger partial charge in [-0.2, -0.15) is 0 Å². The molecule has 1 N–H and O–H groups in total. The summed E-state index contributed by atoms with van der Waals surface area (Å²) in [6, 6.07) is 12.2. The van der Waals surface area contributed by atoms with E-state index in [-0.39, 0.29) is 5.91 Å². The number of rotatable bonds is 6. The van der Waals surface area contributed by atoms with Gasteiger partial charge in [0.2, 0.25) is 5.91 Å². The average molecular weight is 372 g/mol. The zero-order valence-electron chi connectivity index (χ0n) is 14.9. The summed E-state index contributed by atoms with van der Waals surface area (Å²) in [5.74, 6) is 0.169. The SMILES string of the molecule is COC(=O)c1ccsc1NC(=O)CN1CCC(Cc2ccccc2)CC1. The first-order valence-corrected chi connectivity index (χ1v) is 9.75. The Hall–Kier alpha value is -2.18. The zero-order valence-corrected chi connectivity index (χ0v) is 15.8. The van der Waals surface area contributed by atoms with E-state index >= 15 is 0 Å². The quantitative estimate of drug-likeness (QED) is 0.790. The van der Waals surface area contributed by atoms with Crippen LogP contribution in [0.4, 0.5) is 5.00 Å². The summed E-state index contributed by atoms with van der Waals surface area (Å²) in [5.41, 5.74) is 1.80. The van der Waals surface area contributed by atoms with Crippen LogP contribution in [0.2, 0.25) is 0 Å². The second-order valence-corrected chi connectivity index (χ2v) is 7.53. The van der Waals surface area contributed by atoms with Gasteiger partial charge >= 0.3 is 5.97 Å². The number of piperidine rings is 1. The molecule has 0 unspecified atom stereocenters. The van der Waals surface area contributed by atoms with Crippen molar-refractivity contribution < 1.29 is 14.3 Å². The molecule has 1 saturated heterocycles. The molecule has 0 saturated carbocycles. The molecule has 2 aromatic rings. The second-order valence-electron chi connectivity index (χ2n) is 6.61. The molecule has 0 radical (unpaired) electrons. The third-order valence-electron chi connectivity index (χ3n) is 4.77. The predicted molar refractivity (Wildman–Crippen MR) is 104 cm³/mol. The van der Waals surface area contributed by atoms with Crippen molar-refractivity contribution in [2.24, 2.45) is 5.92 Å². The maximum absolute atomic E-state index is 12.3. The lowest BCUT2D eigenvalue weighted by atomic mass is 9.90. The number of hydrogen-bond donors (Lipinski definition) is 1. The Morgan fingerprint density at radius 3 is 2.62 bits per heavy atom. The van der Waals surface area contributed by atoms with Crippen molar-refractivity contribution in [3.8, 4) is 0 Å². The van der Waals surface area contributed by atoms with Gasteiger partial charge < -0.3 is 10.1 Å². The molecule has 1 aliphatic heterocycles. The summed E-state index contributed by atoms with van der Waals surface area (Å²) >= 11 is 1.33. The van der Waals surface area contributed by atoms with E-state index in [2.05, 4.69) is 34.5 Å². The van der Waals surface area contributed by atoms with Crippen LogP contribution in [0.1, 0.15) is 28.8 Å². The van der Waals surface area contributed by atoms with Gasteiger partial charge in [-0.05, 0) is 55.3 Å². The normalized spacial score (nSPS) is 15.6. The lowest BCUT2D eigenvalue weighted by molar-refractivity contribution is -0.117. The van der Waals surface area contributed by atoms with E-state index in [1.165, 1.54) is 24.0 Å². The van der Waals surface area contributed by atoms with E-state index in [1.807, 2.05) is 6.07 Å². The van der Waals surface area contributed by atoms with Crippen LogP contribution in [0.5, 0.6) is 0 Å². The van der Waals surface area contributed by atoms with E-state index in [9.17, 15) is 9.59 Å². The number of ether oxygens (including phenoxy) is 1. The first-order valence-electron chi connectivity index (χ1n) is 8.87. The van der Waals surface area contributed by atoms with Gasteiger partial charge in [-0.1, -0.05) is 30.3 Å². The van der Waals surface area contributed by atoms with Gasteiger partial charge in [-0.15, -0.1) is 11.3 Å². The Bertz CT molecular complexity index is 737. The van der Waals surface area contributed by atoms with Crippen LogP contribution in [-0.2, 0) is 16.0 Å². The van der Waals surface area contributed by atoms with Crippen molar-refractivity contribution in [1.82, 2.24) is 4.90 Å². The number of amides is 1. The Labute approximate surface area is 158 Å². The standard InChI is InChI=1S/C20H24N2O3S/c1-25-20(24)17-9-12-26-19(17)21-18(23)14-22-10-7-16(8-11-22)13-15-5-3-2-4-6-15/h2-6,9,12,16H,7-8,10-11,13-14H2,1H3,(H,21,23). The Morgan fingerprint density at radius 1 is 1.19 bits per heavy atom. The summed E-state index contributed by atoms with van der Waals surface area (Å²) in [7, 11) is 1.34. The minimum absolute atomic E-state index is 0.0842. The Balaban J connectivity index is 1.45. The molecular formula is C20H24N2O3S. The molecule has 6 heteroatoms. The number of benzene rings is 1. The topological polar surface area (TPSA) is 58.6 Å². The summed E-state index contributed by atoms with van der Waals surface area (Å²) in [6.45, 7) is 2.22. The Morgan fingerprint density at radius 2 is 1.92 bits per heavy atom. The van der Waals surface area contributed by atoms with Crippen molar-refractivity contribution in [2.75, 3.05) is 32.1 Å². The van der Waals surface area contributed by atoms with Crippen LogP contribution >= 0.6 is 11.3 Å². The molecule has 0 spiro atoms.